The van der Waals surface area contributed by atoms with Gasteiger partial charge >= 0.3 is 0 Å². The van der Waals surface area contributed by atoms with Crippen molar-refractivity contribution in [1.29, 1.82) is 0 Å². The van der Waals surface area contributed by atoms with Gasteiger partial charge in [-0.3, -0.25) is 9.59 Å². The number of benzene rings is 1. The Morgan fingerprint density at radius 2 is 2.00 bits per heavy atom. The van der Waals surface area contributed by atoms with Crippen LogP contribution in [0.2, 0.25) is 0 Å². The molecule has 4 heteroatoms. The van der Waals surface area contributed by atoms with Crippen LogP contribution in [0.25, 0.3) is 0 Å². The number of carbonyl (C=O) groups excluding carboxylic acids is 2. The molecule has 114 valence electrons. The number of likely N-dealkylation sites (tertiary alicyclic amines) is 1. The van der Waals surface area contributed by atoms with Crippen LogP contribution in [0.4, 0.5) is 0 Å². The smallest absolute Gasteiger partial charge is 0.222 e. The van der Waals surface area contributed by atoms with E-state index < -0.39 is 0 Å². The van der Waals surface area contributed by atoms with Gasteiger partial charge < -0.3 is 9.64 Å². The molecular formula is C17H23NO3. The van der Waals surface area contributed by atoms with Gasteiger partial charge in [0.2, 0.25) is 5.91 Å². The van der Waals surface area contributed by atoms with Crippen molar-refractivity contribution in [3.05, 3.63) is 29.8 Å². The minimum absolute atomic E-state index is 0.0760. The second-order valence-corrected chi connectivity index (χ2v) is 5.52. The van der Waals surface area contributed by atoms with Crippen molar-refractivity contribution in [1.82, 2.24) is 4.90 Å². The molecule has 1 unspecified atom stereocenters. The summed E-state index contributed by atoms with van der Waals surface area (Å²) in [7, 11) is 1.61. The third kappa shape index (κ3) is 3.84. The molecule has 1 aliphatic heterocycles. The van der Waals surface area contributed by atoms with Crippen LogP contribution in [0, 0.1) is 5.92 Å². The largest absolute Gasteiger partial charge is 0.497 e. The Bertz CT molecular complexity index is 495. The Morgan fingerprint density at radius 1 is 1.29 bits per heavy atom. The SMILES string of the molecule is CCCC(=O)N1CCCC(C(=O)c2ccc(OC)cc2)C1. The molecule has 0 radical (unpaired) electrons. The van der Waals surface area contributed by atoms with E-state index in [9.17, 15) is 9.59 Å². The molecule has 1 aromatic rings. The summed E-state index contributed by atoms with van der Waals surface area (Å²) in [6.07, 6.45) is 3.19. The number of methoxy groups -OCH3 is 1. The summed E-state index contributed by atoms with van der Waals surface area (Å²) in [5, 5.41) is 0. The Hall–Kier alpha value is -1.84. The number of nitrogens with zero attached hydrogens (tertiary/aromatic N) is 1. The number of amides is 1. The number of rotatable bonds is 5. The van der Waals surface area contributed by atoms with E-state index in [-0.39, 0.29) is 17.6 Å². The van der Waals surface area contributed by atoms with Crippen molar-refractivity contribution in [2.24, 2.45) is 5.92 Å². The van der Waals surface area contributed by atoms with Crippen LogP contribution in [0.3, 0.4) is 0 Å². The molecule has 0 bridgehead atoms. The number of Topliss-reactive ketones (excluding diaryl/α,β-unsaturated/α-hetero) is 1. The summed E-state index contributed by atoms with van der Waals surface area (Å²) < 4.78 is 5.11. The van der Waals surface area contributed by atoms with E-state index in [2.05, 4.69) is 0 Å². The maximum Gasteiger partial charge on any atom is 0.222 e. The number of ketones is 1. The van der Waals surface area contributed by atoms with E-state index in [1.165, 1.54) is 0 Å². The molecule has 1 atom stereocenters. The standard InChI is InChI=1S/C17H23NO3/c1-3-5-16(19)18-11-4-6-14(12-18)17(20)13-7-9-15(21-2)10-8-13/h7-10,14H,3-6,11-12H2,1-2H3. The van der Waals surface area contributed by atoms with Crippen LogP contribution >= 0.6 is 0 Å². The van der Waals surface area contributed by atoms with Crippen LogP contribution in [0.15, 0.2) is 24.3 Å². The molecule has 1 saturated heterocycles. The molecule has 1 fully saturated rings. The van der Waals surface area contributed by atoms with Crippen LogP contribution in [-0.4, -0.2) is 36.8 Å². The van der Waals surface area contributed by atoms with Crippen molar-refractivity contribution >= 4 is 11.7 Å². The van der Waals surface area contributed by atoms with Crippen LogP contribution in [-0.2, 0) is 4.79 Å². The maximum atomic E-state index is 12.5. The van der Waals surface area contributed by atoms with Gasteiger partial charge in [0.05, 0.1) is 7.11 Å². The lowest BCUT2D eigenvalue weighted by Crippen LogP contribution is -2.42. The predicted molar refractivity (Wildman–Crippen MR) is 81.5 cm³/mol. The third-order valence-corrected chi connectivity index (χ3v) is 3.98. The molecule has 0 aromatic heterocycles. The molecule has 0 N–H and O–H groups in total. The van der Waals surface area contributed by atoms with Crippen LogP contribution in [0.5, 0.6) is 5.75 Å². The minimum atomic E-state index is -0.0760. The lowest BCUT2D eigenvalue weighted by Gasteiger charge is -2.32. The maximum absolute atomic E-state index is 12.5. The van der Waals surface area contributed by atoms with Gasteiger partial charge in [0.25, 0.3) is 0 Å². The normalized spacial score (nSPS) is 18.4. The Kier molecular flexibility index (Phi) is 5.37. The van der Waals surface area contributed by atoms with Gasteiger partial charge in [-0.25, -0.2) is 0 Å². The van der Waals surface area contributed by atoms with Gasteiger partial charge in [0, 0.05) is 31.0 Å². The fraction of sp³-hybridized carbons (Fsp3) is 0.529. The zero-order valence-electron chi connectivity index (χ0n) is 12.8. The van der Waals surface area contributed by atoms with Crippen molar-refractivity contribution in [3.8, 4) is 5.75 Å². The zero-order chi connectivity index (χ0) is 15.2. The number of hydrogen-bond donors (Lipinski definition) is 0. The first-order valence-corrected chi connectivity index (χ1v) is 7.61. The lowest BCUT2D eigenvalue weighted by molar-refractivity contribution is -0.132. The summed E-state index contributed by atoms with van der Waals surface area (Å²) in [5.74, 6) is 0.972. The van der Waals surface area contributed by atoms with E-state index in [1.807, 2.05) is 11.8 Å². The van der Waals surface area contributed by atoms with E-state index in [4.69, 9.17) is 4.74 Å². The number of carbonyl (C=O) groups is 2. The van der Waals surface area contributed by atoms with E-state index >= 15 is 0 Å². The van der Waals surface area contributed by atoms with Gasteiger partial charge in [-0.05, 0) is 43.5 Å². The lowest BCUT2D eigenvalue weighted by atomic mass is 9.90. The van der Waals surface area contributed by atoms with Gasteiger partial charge in [0.15, 0.2) is 5.78 Å². The average Bonchev–Trinajstić information content (AvgIpc) is 2.54. The third-order valence-electron chi connectivity index (χ3n) is 3.98. The highest BCUT2D eigenvalue weighted by Gasteiger charge is 2.28. The van der Waals surface area contributed by atoms with Gasteiger partial charge in [-0.2, -0.15) is 0 Å². The summed E-state index contributed by atoms with van der Waals surface area (Å²) >= 11 is 0. The van der Waals surface area contributed by atoms with Crippen molar-refractivity contribution < 1.29 is 14.3 Å². The highest BCUT2D eigenvalue weighted by Crippen LogP contribution is 2.23. The van der Waals surface area contributed by atoms with Crippen molar-refractivity contribution in [3.63, 3.8) is 0 Å². The second-order valence-electron chi connectivity index (χ2n) is 5.52. The fourth-order valence-corrected chi connectivity index (χ4v) is 2.78. The monoisotopic (exact) mass is 289 g/mol. The molecule has 2 rings (SSSR count). The Morgan fingerprint density at radius 3 is 2.62 bits per heavy atom. The highest BCUT2D eigenvalue weighted by atomic mass is 16.5. The quantitative estimate of drug-likeness (QED) is 0.783. The topological polar surface area (TPSA) is 46.6 Å². The van der Waals surface area contributed by atoms with E-state index in [1.54, 1.807) is 31.4 Å². The molecule has 0 saturated carbocycles. The molecule has 4 nitrogen and oxygen atoms in total. The molecule has 21 heavy (non-hydrogen) atoms. The number of hydrogen-bond acceptors (Lipinski definition) is 3. The molecule has 0 spiro atoms. The fourth-order valence-electron chi connectivity index (χ4n) is 2.78. The van der Waals surface area contributed by atoms with Gasteiger partial charge in [0.1, 0.15) is 5.75 Å². The molecule has 0 aliphatic carbocycles. The van der Waals surface area contributed by atoms with Crippen molar-refractivity contribution in [2.45, 2.75) is 32.6 Å². The molecule has 1 amide bonds. The summed E-state index contributed by atoms with van der Waals surface area (Å²) in [6.45, 7) is 3.34. The first kappa shape index (κ1) is 15.5. The van der Waals surface area contributed by atoms with Gasteiger partial charge in [-0.1, -0.05) is 6.92 Å². The number of piperidine rings is 1. The summed E-state index contributed by atoms with van der Waals surface area (Å²) in [5.41, 5.74) is 0.700. The molecule has 1 aromatic carbocycles. The first-order valence-electron chi connectivity index (χ1n) is 7.61. The predicted octanol–water partition coefficient (Wildman–Crippen LogP) is 2.92. The second kappa shape index (κ2) is 7.25. The zero-order valence-corrected chi connectivity index (χ0v) is 12.8. The number of ether oxygens (including phenoxy) is 1. The summed E-state index contributed by atoms with van der Waals surface area (Å²) in [4.78, 5) is 26.4. The Balaban J connectivity index is 2.02. The van der Waals surface area contributed by atoms with Crippen LogP contribution < -0.4 is 4.74 Å². The molecular weight excluding hydrogens is 266 g/mol. The first-order chi connectivity index (χ1) is 10.2. The summed E-state index contributed by atoms with van der Waals surface area (Å²) in [6, 6.07) is 7.20. The molecule has 1 heterocycles. The van der Waals surface area contributed by atoms with Gasteiger partial charge in [-0.15, -0.1) is 0 Å². The van der Waals surface area contributed by atoms with Crippen molar-refractivity contribution in [2.75, 3.05) is 20.2 Å². The molecule has 1 aliphatic rings. The minimum Gasteiger partial charge on any atom is -0.497 e. The van der Waals surface area contributed by atoms with E-state index in [0.717, 1.165) is 31.6 Å². The Labute approximate surface area is 126 Å². The highest BCUT2D eigenvalue weighted by molar-refractivity contribution is 5.98. The average molecular weight is 289 g/mol. The van der Waals surface area contributed by atoms with E-state index in [0.29, 0.717) is 18.5 Å². The van der Waals surface area contributed by atoms with Crippen LogP contribution in [0.1, 0.15) is 43.0 Å².